The van der Waals surface area contributed by atoms with Gasteiger partial charge in [0.15, 0.2) is 0 Å². The summed E-state index contributed by atoms with van der Waals surface area (Å²) in [6, 6.07) is 7.01. The maximum Gasteiger partial charge on any atom is 0.144 e. The van der Waals surface area contributed by atoms with E-state index in [-0.39, 0.29) is 0 Å². The van der Waals surface area contributed by atoms with Crippen LogP contribution in [0.15, 0.2) is 30.3 Å². The Bertz CT molecular complexity index is 318. The monoisotopic (exact) mass is 200 g/mol. The molecule has 0 atom stereocenters. The van der Waals surface area contributed by atoms with Crippen molar-refractivity contribution in [3.05, 3.63) is 40.9 Å². The third-order valence-electron chi connectivity index (χ3n) is 1.31. The number of aldehydes is 1. The summed E-state index contributed by atoms with van der Waals surface area (Å²) in [5, 5.41) is 0.998. The van der Waals surface area contributed by atoms with Crippen LogP contribution < -0.4 is 0 Å². The van der Waals surface area contributed by atoms with Gasteiger partial charge in [-0.1, -0.05) is 35.3 Å². The molecule has 0 spiro atoms. The Kier molecular flexibility index (Phi) is 3.32. The molecular weight excluding hydrogens is 195 g/mol. The van der Waals surface area contributed by atoms with Gasteiger partial charge in [-0.15, -0.1) is 0 Å². The summed E-state index contributed by atoms with van der Waals surface area (Å²) in [6.45, 7) is 0. The van der Waals surface area contributed by atoms with E-state index in [0.29, 0.717) is 16.3 Å². The molecule has 0 aromatic heterocycles. The summed E-state index contributed by atoms with van der Waals surface area (Å²) in [5.74, 6) is 0. The van der Waals surface area contributed by atoms with Crippen molar-refractivity contribution in [2.75, 3.05) is 0 Å². The molecule has 0 aliphatic carbocycles. The molecule has 0 unspecified atom stereocenters. The third-order valence-corrected chi connectivity index (χ3v) is 1.89. The number of carbonyl (C=O) groups is 1. The minimum absolute atomic E-state index is 0.396. The second-order valence-corrected chi connectivity index (χ2v) is 3.00. The predicted octanol–water partition coefficient (Wildman–Crippen LogP) is 3.12. The highest BCUT2D eigenvalue weighted by Crippen LogP contribution is 2.21. The number of carbonyl (C=O) groups excluding carboxylic acids is 1. The largest absolute Gasteiger partial charge is 0.299 e. The minimum atomic E-state index is 0.396. The highest BCUT2D eigenvalue weighted by molar-refractivity contribution is 6.49. The summed E-state index contributed by atoms with van der Waals surface area (Å²) in [7, 11) is 0. The fraction of sp³-hybridized carbons (Fsp3) is 0. The average molecular weight is 201 g/mol. The van der Waals surface area contributed by atoms with Crippen LogP contribution in [0, 0.1) is 0 Å². The number of hydrogen-bond acceptors (Lipinski definition) is 1. The molecule has 1 rings (SSSR count). The molecule has 0 radical (unpaired) electrons. The van der Waals surface area contributed by atoms with Crippen LogP contribution in [0.25, 0.3) is 5.03 Å². The minimum Gasteiger partial charge on any atom is -0.299 e. The van der Waals surface area contributed by atoms with Crippen molar-refractivity contribution >= 4 is 34.5 Å². The van der Waals surface area contributed by atoms with Crippen LogP contribution in [0.1, 0.15) is 5.56 Å². The Morgan fingerprint density at radius 2 is 2.17 bits per heavy atom. The van der Waals surface area contributed by atoms with E-state index in [0.717, 1.165) is 5.56 Å². The molecule has 0 fully saturated rings. The van der Waals surface area contributed by atoms with E-state index >= 15 is 0 Å². The molecule has 12 heavy (non-hydrogen) atoms. The number of benzene rings is 1. The van der Waals surface area contributed by atoms with Crippen molar-refractivity contribution in [3.8, 4) is 0 Å². The van der Waals surface area contributed by atoms with Crippen molar-refractivity contribution in [1.82, 2.24) is 0 Å². The molecule has 1 nitrogen and oxygen atoms in total. The van der Waals surface area contributed by atoms with Gasteiger partial charge in [-0.2, -0.15) is 0 Å². The van der Waals surface area contributed by atoms with Gasteiger partial charge >= 0.3 is 0 Å². The topological polar surface area (TPSA) is 17.1 Å². The molecule has 0 N–H and O–H groups in total. The lowest BCUT2D eigenvalue weighted by molar-refractivity contribution is -0.104. The zero-order valence-electron chi connectivity index (χ0n) is 6.13. The molecular formula is C9H6Cl2O. The molecule has 0 aliphatic heterocycles. The van der Waals surface area contributed by atoms with Crippen molar-refractivity contribution in [2.45, 2.75) is 0 Å². The normalized spacial score (nSPS) is 11.3. The summed E-state index contributed by atoms with van der Waals surface area (Å²) in [6.07, 6.45) is 1.93. The first-order valence-electron chi connectivity index (χ1n) is 3.31. The van der Waals surface area contributed by atoms with Crippen molar-refractivity contribution in [1.29, 1.82) is 0 Å². The zero-order valence-corrected chi connectivity index (χ0v) is 7.64. The van der Waals surface area contributed by atoms with Crippen LogP contribution in [-0.2, 0) is 4.79 Å². The van der Waals surface area contributed by atoms with Crippen LogP contribution in [-0.4, -0.2) is 6.29 Å². The highest BCUT2D eigenvalue weighted by atomic mass is 35.5. The number of hydrogen-bond donors (Lipinski definition) is 0. The van der Waals surface area contributed by atoms with Crippen LogP contribution in [0.5, 0.6) is 0 Å². The van der Waals surface area contributed by atoms with Gasteiger partial charge in [0, 0.05) is 5.02 Å². The molecule has 0 aliphatic rings. The van der Waals surface area contributed by atoms with Crippen molar-refractivity contribution in [3.63, 3.8) is 0 Å². The smallest absolute Gasteiger partial charge is 0.144 e. The van der Waals surface area contributed by atoms with Gasteiger partial charge in [-0.05, 0) is 23.8 Å². The van der Waals surface area contributed by atoms with E-state index in [1.807, 2.05) is 0 Å². The van der Waals surface area contributed by atoms with Gasteiger partial charge in [0.25, 0.3) is 0 Å². The lowest BCUT2D eigenvalue weighted by atomic mass is 10.2. The number of rotatable bonds is 2. The van der Waals surface area contributed by atoms with E-state index < -0.39 is 0 Å². The summed E-state index contributed by atoms with van der Waals surface area (Å²) < 4.78 is 0. The van der Waals surface area contributed by atoms with Crippen molar-refractivity contribution < 1.29 is 4.79 Å². The van der Waals surface area contributed by atoms with E-state index in [1.54, 1.807) is 24.3 Å². The molecule has 0 bridgehead atoms. The van der Waals surface area contributed by atoms with Crippen LogP contribution in [0.2, 0.25) is 5.02 Å². The van der Waals surface area contributed by atoms with Crippen molar-refractivity contribution in [2.24, 2.45) is 0 Å². The molecule has 1 aromatic rings. The van der Waals surface area contributed by atoms with E-state index in [2.05, 4.69) is 0 Å². The molecule has 0 saturated carbocycles. The Balaban J connectivity index is 3.03. The lowest BCUT2D eigenvalue weighted by Gasteiger charge is -1.97. The molecule has 1 aromatic carbocycles. The predicted molar refractivity (Wildman–Crippen MR) is 51.3 cm³/mol. The quantitative estimate of drug-likeness (QED) is 0.530. The third kappa shape index (κ3) is 2.36. The van der Waals surface area contributed by atoms with Gasteiger partial charge in [0.2, 0.25) is 0 Å². The molecule has 0 heterocycles. The Morgan fingerprint density at radius 3 is 2.75 bits per heavy atom. The molecule has 0 saturated heterocycles. The second kappa shape index (κ2) is 4.29. The standard InChI is InChI=1S/C9H6Cl2O/c10-8-3-1-2-7(6-8)9(11)4-5-12/h1-6H/b9-4-. The van der Waals surface area contributed by atoms with Gasteiger partial charge in [0.05, 0.1) is 5.03 Å². The van der Waals surface area contributed by atoms with Gasteiger partial charge in [-0.25, -0.2) is 0 Å². The first-order chi connectivity index (χ1) is 5.74. The summed E-state index contributed by atoms with van der Waals surface area (Å²) in [4.78, 5) is 10.1. The lowest BCUT2D eigenvalue weighted by Crippen LogP contribution is -1.76. The fourth-order valence-corrected chi connectivity index (χ4v) is 1.15. The maximum atomic E-state index is 10.1. The molecule has 62 valence electrons. The van der Waals surface area contributed by atoms with Gasteiger partial charge < -0.3 is 0 Å². The van der Waals surface area contributed by atoms with E-state index in [1.165, 1.54) is 6.08 Å². The van der Waals surface area contributed by atoms with Gasteiger partial charge in [-0.3, -0.25) is 4.79 Å². The fourth-order valence-electron chi connectivity index (χ4n) is 0.793. The van der Waals surface area contributed by atoms with E-state index in [4.69, 9.17) is 23.2 Å². The molecule has 3 heteroatoms. The summed E-state index contributed by atoms with van der Waals surface area (Å²) in [5.41, 5.74) is 0.747. The molecule has 0 amide bonds. The van der Waals surface area contributed by atoms with Crippen LogP contribution >= 0.6 is 23.2 Å². The van der Waals surface area contributed by atoms with Crippen LogP contribution in [0.3, 0.4) is 0 Å². The Labute approximate surface area is 80.6 Å². The Hall–Kier alpha value is -0.790. The van der Waals surface area contributed by atoms with Gasteiger partial charge in [0.1, 0.15) is 6.29 Å². The highest BCUT2D eigenvalue weighted by Gasteiger charge is 1.96. The second-order valence-electron chi connectivity index (χ2n) is 2.16. The Morgan fingerprint density at radius 1 is 1.42 bits per heavy atom. The SMILES string of the molecule is O=C/C=C(\Cl)c1cccc(Cl)c1. The zero-order chi connectivity index (χ0) is 8.97. The number of halogens is 2. The average Bonchev–Trinajstić information content (AvgIpc) is 2.05. The first kappa shape index (κ1) is 9.30. The van der Waals surface area contributed by atoms with E-state index in [9.17, 15) is 4.79 Å². The number of allylic oxidation sites excluding steroid dienone is 1. The summed E-state index contributed by atoms with van der Waals surface area (Å²) >= 11 is 11.5. The first-order valence-corrected chi connectivity index (χ1v) is 4.06. The van der Waals surface area contributed by atoms with Crippen LogP contribution in [0.4, 0.5) is 0 Å². The maximum absolute atomic E-state index is 10.1.